The Bertz CT molecular complexity index is 637. The van der Waals surface area contributed by atoms with Gasteiger partial charge in [0.1, 0.15) is 0 Å². The number of nitrogens with zero attached hydrogens (tertiary/aromatic N) is 2. The molecule has 4 nitrogen and oxygen atoms in total. The van der Waals surface area contributed by atoms with E-state index in [0.717, 1.165) is 21.8 Å². The molecule has 3 aromatic rings. The van der Waals surface area contributed by atoms with Gasteiger partial charge in [-0.3, -0.25) is 9.97 Å². The molecule has 1 aromatic carbocycles. The Labute approximate surface area is 139 Å². The molecule has 2 heterocycles. The zero-order valence-corrected chi connectivity index (χ0v) is 14.4. The normalized spacial score (nSPS) is 13.0. The predicted octanol–water partition coefficient (Wildman–Crippen LogP) is 2.46. The monoisotopic (exact) mass is 463 g/mol. The van der Waals surface area contributed by atoms with E-state index >= 15 is 0 Å². The van der Waals surface area contributed by atoms with E-state index in [1.165, 1.54) is 0 Å². The fraction of sp³-hybridized carbons (Fsp3) is 0.250. The van der Waals surface area contributed by atoms with Crippen LogP contribution in [-0.2, 0) is 21.1 Å². The summed E-state index contributed by atoms with van der Waals surface area (Å²) in [6, 6.07) is 12.4. The van der Waals surface area contributed by atoms with Crippen molar-refractivity contribution in [3.8, 4) is 0 Å². The van der Waals surface area contributed by atoms with Crippen LogP contribution >= 0.6 is 0 Å². The van der Waals surface area contributed by atoms with E-state index in [1.54, 1.807) is 12.4 Å². The van der Waals surface area contributed by atoms with Crippen molar-refractivity contribution in [2.75, 3.05) is 0 Å². The van der Waals surface area contributed by atoms with Gasteiger partial charge >= 0.3 is 21.1 Å². The molecule has 3 rings (SSSR count). The molecule has 5 heteroatoms. The molecule has 0 aliphatic carbocycles. The second kappa shape index (κ2) is 8.18. The summed E-state index contributed by atoms with van der Waals surface area (Å²) in [6.07, 6.45) is 3.60. The maximum absolute atomic E-state index is 5.31. The molecule has 0 aliphatic heterocycles. The molecule has 0 aliphatic rings. The van der Waals surface area contributed by atoms with Crippen LogP contribution in [0.25, 0.3) is 21.8 Å². The van der Waals surface area contributed by atoms with E-state index in [2.05, 4.69) is 34.2 Å². The minimum atomic E-state index is 0. The first kappa shape index (κ1) is 17.7. The third kappa shape index (κ3) is 4.57. The molecule has 0 amide bonds. The van der Waals surface area contributed by atoms with Crippen LogP contribution in [0.1, 0.15) is 13.8 Å². The Morgan fingerprint density at radius 2 is 1.14 bits per heavy atom. The van der Waals surface area contributed by atoms with Crippen molar-refractivity contribution in [3.05, 3.63) is 48.8 Å². The summed E-state index contributed by atoms with van der Waals surface area (Å²) in [5, 5.41) is 2.28. The number of rotatable bonds is 1. The summed E-state index contributed by atoms with van der Waals surface area (Å²) in [7, 11) is 0. The summed E-state index contributed by atoms with van der Waals surface area (Å²) in [5.41, 5.74) is 12.6. The van der Waals surface area contributed by atoms with Gasteiger partial charge in [-0.15, -0.1) is 0 Å². The van der Waals surface area contributed by atoms with Crippen molar-refractivity contribution in [3.63, 3.8) is 0 Å². The summed E-state index contributed by atoms with van der Waals surface area (Å²) < 4.78 is 0. The molecule has 0 spiro atoms. The van der Waals surface area contributed by atoms with Gasteiger partial charge in [0.2, 0.25) is 0 Å². The number of benzene rings is 1. The molecule has 21 heavy (non-hydrogen) atoms. The van der Waals surface area contributed by atoms with E-state index < -0.39 is 0 Å². The second-order valence-corrected chi connectivity index (χ2v) is 4.93. The second-order valence-electron chi connectivity index (χ2n) is 4.93. The van der Waals surface area contributed by atoms with Gasteiger partial charge in [-0.05, 0) is 26.0 Å². The Morgan fingerprint density at radius 1 is 0.762 bits per heavy atom. The largest absolute Gasteiger partial charge is 2.00 e. The van der Waals surface area contributed by atoms with Crippen LogP contribution in [0.2, 0.25) is 0 Å². The SMILES string of the molecule is C[C@@H](N)[C@@H](C)N.[Pt+2].c1cnc2c(c1)ccc1cccnc12. The van der Waals surface area contributed by atoms with Crippen LogP contribution in [0.3, 0.4) is 0 Å². The van der Waals surface area contributed by atoms with Gasteiger partial charge in [0.05, 0.1) is 11.0 Å². The molecule has 0 saturated carbocycles. The first-order valence-electron chi connectivity index (χ1n) is 6.69. The zero-order valence-electron chi connectivity index (χ0n) is 12.1. The first-order valence-corrected chi connectivity index (χ1v) is 6.69. The van der Waals surface area contributed by atoms with Crippen LogP contribution < -0.4 is 11.5 Å². The number of hydrogen-bond acceptors (Lipinski definition) is 4. The fourth-order valence-electron chi connectivity index (χ4n) is 1.68. The molecule has 4 N–H and O–H groups in total. The van der Waals surface area contributed by atoms with Gasteiger partial charge in [-0.25, -0.2) is 0 Å². The van der Waals surface area contributed by atoms with Gasteiger partial charge in [-0.2, -0.15) is 0 Å². The smallest absolute Gasteiger partial charge is 0.327 e. The Hall–Kier alpha value is -1.35. The summed E-state index contributed by atoms with van der Waals surface area (Å²) in [5.74, 6) is 0. The predicted molar refractivity (Wildman–Crippen MR) is 84.3 cm³/mol. The number of nitrogens with two attached hydrogens (primary N) is 2. The quantitative estimate of drug-likeness (QED) is 0.544. The zero-order chi connectivity index (χ0) is 14.5. The number of pyridine rings is 2. The van der Waals surface area contributed by atoms with Crippen molar-refractivity contribution < 1.29 is 21.1 Å². The molecule has 112 valence electrons. The van der Waals surface area contributed by atoms with E-state index in [0.29, 0.717) is 0 Å². The van der Waals surface area contributed by atoms with Crippen molar-refractivity contribution >= 4 is 21.8 Å². The standard InChI is InChI=1S/C12H8N2.C4H12N2.Pt/c1-3-9-5-6-10-4-2-8-14-12(10)11(9)13-7-1;1-3(5)4(2)6;/h1-8H;3-4H,5-6H2,1-2H3;/q;;+2/t;3-,4-;/m.1./s1. The summed E-state index contributed by atoms with van der Waals surface area (Å²) in [6.45, 7) is 3.79. The average molecular weight is 463 g/mol. The van der Waals surface area contributed by atoms with Crippen molar-refractivity contribution in [1.29, 1.82) is 0 Å². The van der Waals surface area contributed by atoms with Gasteiger partial charge < -0.3 is 11.5 Å². The Kier molecular flexibility index (Phi) is 6.89. The summed E-state index contributed by atoms with van der Waals surface area (Å²) in [4.78, 5) is 8.69. The minimum absolute atomic E-state index is 0. The van der Waals surface area contributed by atoms with E-state index in [-0.39, 0.29) is 33.1 Å². The third-order valence-corrected chi connectivity index (χ3v) is 3.17. The first-order chi connectivity index (χ1) is 9.59. The topological polar surface area (TPSA) is 77.8 Å². The van der Waals surface area contributed by atoms with Crippen molar-refractivity contribution in [2.45, 2.75) is 25.9 Å². The number of aromatic nitrogens is 2. The number of fused-ring (bicyclic) bond motifs is 3. The van der Waals surface area contributed by atoms with Crippen LogP contribution in [-0.4, -0.2) is 22.1 Å². The van der Waals surface area contributed by atoms with Crippen LogP contribution in [0.4, 0.5) is 0 Å². The maximum atomic E-state index is 5.31. The molecular weight excluding hydrogens is 443 g/mol. The van der Waals surface area contributed by atoms with Gasteiger partial charge in [-0.1, -0.05) is 24.3 Å². The molecule has 0 bridgehead atoms. The van der Waals surface area contributed by atoms with Gasteiger partial charge in [0, 0.05) is 35.2 Å². The molecule has 0 fully saturated rings. The van der Waals surface area contributed by atoms with Gasteiger partial charge in [0.15, 0.2) is 0 Å². The van der Waals surface area contributed by atoms with Crippen molar-refractivity contribution in [2.24, 2.45) is 11.5 Å². The maximum Gasteiger partial charge on any atom is 2.00 e. The van der Waals surface area contributed by atoms with Crippen LogP contribution in [0.5, 0.6) is 0 Å². The molecular formula is C16H20N4Pt+2. The Balaban J connectivity index is 0.000000275. The number of hydrogen-bond donors (Lipinski definition) is 2. The van der Waals surface area contributed by atoms with E-state index in [9.17, 15) is 0 Å². The molecule has 2 aromatic heterocycles. The third-order valence-electron chi connectivity index (χ3n) is 3.17. The van der Waals surface area contributed by atoms with Crippen molar-refractivity contribution in [1.82, 2.24) is 9.97 Å². The summed E-state index contributed by atoms with van der Waals surface area (Å²) >= 11 is 0. The van der Waals surface area contributed by atoms with Crippen LogP contribution in [0.15, 0.2) is 48.8 Å². The van der Waals surface area contributed by atoms with Crippen LogP contribution in [0, 0.1) is 0 Å². The average Bonchev–Trinajstić information content (AvgIpc) is 2.47. The Morgan fingerprint density at radius 3 is 1.48 bits per heavy atom. The van der Waals surface area contributed by atoms with E-state index in [1.807, 2.05) is 26.0 Å². The molecule has 0 unspecified atom stereocenters. The molecule has 2 atom stereocenters. The molecule has 0 radical (unpaired) electrons. The van der Waals surface area contributed by atoms with E-state index in [4.69, 9.17) is 11.5 Å². The fourth-order valence-corrected chi connectivity index (χ4v) is 1.68. The van der Waals surface area contributed by atoms with Gasteiger partial charge in [0.25, 0.3) is 0 Å². The minimum Gasteiger partial charge on any atom is -0.327 e. The molecule has 0 saturated heterocycles.